The van der Waals surface area contributed by atoms with Gasteiger partial charge in [0, 0.05) is 0 Å². The van der Waals surface area contributed by atoms with E-state index in [0.29, 0.717) is 14.5 Å². The van der Waals surface area contributed by atoms with Crippen LogP contribution >= 0.6 is 34.7 Å². The number of carbonyl (C=O) groups is 1. The Morgan fingerprint density at radius 2 is 2.21 bits per heavy atom. The highest BCUT2D eigenvalue weighted by atomic mass is 35.5. The third-order valence-corrected chi connectivity index (χ3v) is 4.57. The standard InChI is InChI=1S/C11H11ClN4OS2/c1-6(9(13)17)18-11-16-15-10(19-11)14-8-5-3-2-4-7(8)12/h2-6H,1H3,(H2,13,17)(H,14,15)/t6-/m1/s1. The number of nitrogens with zero attached hydrogens (tertiary/aromatic N) is 2. The van der Waals surface area contributed by atoms with E-state index in [1.54, 1.807) is 13.0 Å². The average Bonchev–Trinajstić information content (AvgIpc) is 2.79. The van der Waals surface area contributed by atoms with Gasteiger partial charge in [-0.3, -0.25) is 4.79 Å². The summed E-state index contributed by atoms with van der Waals surface area (Å²) < 4.78 is 0.681. The zero-order valence-electron chi connectivity index (χ0n) is 9.96. The summed E-state index contributed by atoms with van der Waals surface area (Å²) in [5.41, 5.74) is 5.96. The molecule has 2 rings (SSSR count). The van der Waals surface area contributed by atoms with Gasteiger partial charge in [0.1, 0.15) is 0 Å². The Bertz CT molecular complexity index is 590. The molecule has 2 aromatic rings. The molecule has 0 aliphatic carbocycles. The minimum atomic E-state index is -0.374. The summed E-state index contributed by atoms with van der Waals surface area (Å²) in [7, 11) is 0. The minimum Gasteiger partial charge on any atom is -0.369 e. The second kappa shape index (κ2) is 6.23. The molecule has 0 unspecified atom stereocenters. The predicted octanol–water partition coefficient (Wildman–Crippen LogP) is 2.90. The molecule has 0 aliphatic heterocycles. The van der Waals surface area contributed by atoms with E-state index in [1.165, 1.54) is 23.1 Å². The lowest BCUT2D eigenvalue weighted by molar-refractivity contribution is -0.117. The Hall–Kier alpha value is -1.31. The van der Waals surface area contributed by atoms with Crippen LogP contribution in [-0.2, 0) is 4.79 Å². The Kier molecular flexibility index (Phi) is 4.62. The van der Waals surface area contributed by atoms with Gasteiger partial charge < -0.3 is 11.1 Å². The first-order valence-electron chi connectivity index (χ1n) is 5.37. The van der Waals surface area contributed by atoms with Crippen LogP contribution in [-0.4, -0.2) is 21.4 Å². The SMILES string of the molecule is C[C@@H](Sc1nnc(Nc2ccccc2Cl)s1)C(N)=O. The monoisotopic (exact) mass is 314 g/mol. The minimum absolute atomic E-state index is 0.332. The molecular formula is C11H11ClN4OS2. The van der Waals surface area contributed by atoms with Crippen molar-refractivity contribution in [3.05, 3.63) is 29.3 Å². The van der Waals surface area contributed by atoms with Crippen LogP contribution in [0.3, 0.4) is 0 Å². The number of benzene rings is 1. The smallest absolute Gasteiger partial charge is 0.230 e. The quantitative estimate of drug-likeness (QED) is 0.829. The van der Waals surface area contributed by atoms with Gasteiger partial charge in [0.15, 0.2) is 4.34 Å². The van der Waals surface area contributed by atoms with Crippen LogP contribution in [0.5, 0.6) is 0 Å². The number of thioether (sulfide) groups is 1. The Morgan fingerprint density at radius 3 is 2.89 bits per heavy atom. The molecule has 1 heterocycles. The fraction of sp³-hybridized carbons (Fsp3) is 0.182. The van der Waals surface area contributed by atoms with Crippen molar-refractivity contribution in [3.63, 3.8) is 0 Å². The second-order valence-corrected chi connectivity index (χ2v) is 6.61. The molecule has 1 aromatic carbocycles. The number of nitrogens with one attached hydrogen (secondary N) is 1. The van der Waals surface area contributed by atoms with Crippen molar-refractivity contribution in [2.45, 2.75) is 16.5 Å². The Labute approximate surface area is 123 Å². The number of primary amides is 1. The lowest BCUT2D eigenvalue weighted by Gasteiger charge is -2.03. The number of nitrogens with two attached hydrogens (primary N) is 1. The van der Waals surface area contributed by atoms with E-state index in [2.05, 4.69) is 15.5 Å². The molecule has 0 aliphatic rings. The summed E-state index contributed by atoms with van der Waals surface area (Å²) in [5.74, 6) is -0.374. The highest BCUT2D eigenvalue weighted by molar-refractivity contribution is 8.02. The second-order valence-electron chi connectivity index (χ2n) is 3.64. The third-order valence-electron chi connectivity index (χ3n) is 2.20. The Balaban J connectivity index is 2.06. The van der Waals surface area contributed by atoms with Gasteiger partial charge in [0.2, 0.25) is 11.0 Å². The third kappa shape index (κ3) is 3.82. The van der Waals surface area contributed by atoms with Crippen molar-refractivity contribution in [2.75, 3.05) is 5.32 Å². The zero-order chi connectivity index (χ0) is 13.8. The van der Waals surface area contributed by atoms with E-state index >= 15 is 0 Å². The summed E-state index contributed by atoms with van der Waals surface area (Å²) in [6, 6.07) is 7.36. The molecule has 8 heteroatoms. The van der Waals surface area contributed by atoms with Crippen LogP contribution in [0.15, 0.2) is 28.6 Å². The molecule has 0 saturated carbocycles. The topological polar surface area (TPSA) is 80.9 Å². The normalized spacial score (nSPS) is 12.1. The molecule has 1 aromatic heterocycles. The van der Waals surface area contributed by atoms with Gasteiger partial charge in [-0.05, 0) is 19.1 Å². The molecule has 0 radical (unpaired) electrons. The summed E-state index contributed by atoms with van der Waals surface area (Å²) in [4.78, 5) is 11.0. The van der Waals surface area contributed by atoms with E-state index in [-0.39, 0.29) is 11.2 Å². The number of hydrogen-bond donors (Lipinski definition) is 2. The summed E-state index contributed by atoms with van der Waals surface area (Å²) in [6.45, 7) is 1.73. The van der Waals surface area contributed by atoms with Crippen LogP contribution in [0, 0.1) is 0 Å². The maximum atomic E-state index is 11.0. The van der Waals surface area contributed by atoms with Gasteiger partial charge >= 0.3 is 0 Å². The molecule has 0 spiro atoms. The molecule has 0 fully saturated rings. The van der Waals surface area contributed by atoms with Crippen LogP contribution in [0.25, 0.3) is 0 Å². The van der Waals surface area contributed by atoms with Gasteiger partial charge in [0.25, 0.3) is 0 Å². The number of hydrogen-bond acceptors (Lipinski definition) is 6. The average molecular weight is 315 g/mol. The summed E-state index contributed by atoms with van der Waals surface area (Å²) in [5, 5.41) is 11.9. The number of para-hydroxylation sites is 1. The van der Waals surface area contributed by atoms with Gasteiger partial charge in [-0.15, -0.1) is 10.2 Å². The highest BCUT2D eigenvalue weighted by Gasteiger charge is 2.14. The van der Waals surface area contributed by atoms with E-state index < -0.39 is 0 Å². The van der Waals surface area contributed by atoms with Crippen LogP contribution < -0.4 is 11.1 Å². The fourth-order valence-electron chi connectivity index (χ4n) is 1.19. The van der Waals surface area contributed by atoms with Crippen molar-refractivity contribution in [2.24, 2.45) is 5.73 Å². The number of rotatable bonds is 5. The zero-order valence-corrected chi connectivity index (χ0v) is 12.4. The first-order chi connectivity index (χ1) is 9.06. The molecule has 1 atom stereocenters. The van der Waals surface area contributed by atoms with E-state index in [9.17, 15) is 4.79 Å². The number of anilines is 2. The molecule has 19 heavy (non-hydrogen) atoms. The van der Waals surface area contributed by atoms with Gasteiger partial charge in [0.05, 0.1) is 16.0 Å². The van der Waals surface area contributed by atoms with E-state index in [0.717, 1.165) is 5.69 Å². The van der Waals surface area contributed by atoms with Crippen molar-refractivity contribution < 1.29 is 4.79 Å². The number of amides is 1. The van der Waals surface area contributed by atoms with E-state index in [4.69, 9.17) is 17.3 Å². The van der Waals surface area contributed by atoms with E-state index in [1.807, 2.05) is 18.2 Å². The lowest BCUT2D eigenvalue weighted by Crippen LogP contribution is -2.22. The molecule has 100 valence electrons. The highest BCUT2D eigenvalue weighted by Crippen LogP contribution is 2.31. The van der Waals surface area contributed by atoms with Crippen molar-refractivity contribution in [3.8, 4) is 0 Å². The van der Waals surface area contributed by atoms with Crippen molar-refractivity contribution in [1.82, 2.24) is 10.2 Å². The van der Waals surface area contributed by atoms with Crippen LogP contribution in [0.4, 0.5) is 10.8 Å². The summed E-state index contributed by atoms with van der Waals surface area (Å²) in [6.07, 6.45) is 0. The number of halogens is 1. The molecule has 1 amide bonds. The summed E-state index contributed by atoms with van der Waals surface area (Å²) >= 11 is 8.66. The number of aromatic nitrogens is 2. The lowest BCUT2D eigenvalue weighted by atomic mass is 10.3. The predicted molar refractivity (Wildman–Crippen MR) is 79.2 cm³/mol. The van der Waals surface area contributed by atoms with Gasteiger partial charge in [-0.2, -0.15) is 0 Å². The van der Waals surface area contributed by atoms with Crippen LogP contribution in [0.1, 0.15) is 6.92 Å². The molecular weight excluding hydrogens is 304 g/mol. The molecule has 5 nitrogen and oxygen atoms in total. The molecule has 0 bridgehead atoms. The number of carbonyl (C=O) groups excluding carboxylic acids is 1. The van der Waals surface area contributed by atoms with Gasteiger partial charge in [-0.1, -0.05) is 46.8 Å². The maximum absolute atomic E-state index is 11.0. The first-order valence-corrected chi connectivity index (χ1v) is 7.44. The maximum Gasteiger partial charge on any atom is 0.230 e. The van der Waals surface area contributed by atoms with Crippen molar-refractivity contribution >= 4 is 51.4 Å². The molecule has 3 N–H and O–H groups in total. The van der Waals surface area contributed by atoms with Crippen LogP contribution in [0.2, 0.25) is 5.02 Å². The Morgan fingerprint density at radius 1 is 1.47 bits per heavy atom. The first kappa shape index (κ1) is 14.1. The largest absolute Gasteiger partial charge is 0.369 e. The van der Waals surface area contributed by atoms with Gasteiger partial charge in [-0.25, -0.2) is 0 Å². The molecule has 0 saturated heterocycles. The fourth-order valence-corrected chi connectivity index (χ4v) is 3.24. The van der Waals surface area contributed by atoms with Crippen molar-refractivity contribution in [1.29, 1.82) is 0 Å².